The first-order chi connectivity index (χ1) is 4.59. The molecule has 11 heavy (non-hydrogen) atoms. The van der Waals surface area contributed by atoms with Crippen molar-refractivity contribution >= 4 is 18.4 Å². The van der Waals surface area contributed by atoms with Crippen LogP contribution in [-0.2, 0) is 4.79 Å². The first-order valence-electron chi connectivity index (χ1n) is 3.09. The summed E-state index contributed by atoms with van der Waals surface area (Å²) in [5.41, 5.74) is 0. The van der Waals surface area contributed by atoms with Crippen LogP contribution < -0.4 is 0 Å². The highest BCUT2D eigenvalue weighted by Gasteiger charge is 2.17. The van der Waals surface area contributed by atoms with Gasteiger partial charge in [0.25, 0.3) is 0 Å². The van der Waals surface area contributed by atoms with Gasteiger partial charge in [0, 0.05) is 6.61 Å². The normalized spacial score (nSPS) is 12.4. The fourth-order valence-electron chi connectivity index (χ4n) is 0.725. The molecule has 5 heteroatoms. The Bertz CT molecular complexity index is 118. The Morgan fingerprint density at radius 2 is 2.00 bits per heavy atom. The summed E-state index contributed by atoms with van der Waals surface area (Å²) in [4.78, 5) is 11.9. The lowest BCUT2D eigenvalue weighted by molar-refractivity contribution is -0.142. The lowest BCUT2D eigenvalue weighted by Gasteiger charge is -2.18. The van der Waals surface area contributed by atoms with Crippen molar-refractivity contribution < 1.29 is 15.0 Å². The summed E-state index contributed by atoms with van der Waals surface area (Å²) in [5, 5.41) is 17.0. The van der Waals surface area contributed by atoms with Gasteiger partial charge in [0.05, 0.1) is 0 Å². The van der Waals surface area contributed by atoms with E-state index in [-0.39, 0.29) is 25.4 Å². The molecule has 0 amide bonds. The van der Waals surface area contributed by atoms with E-state index in [1.165, 1.54) is 0 Å². The smallest absolute Gasteiger partial charge is 0.320 e. The number of halogens is 1. The third-order valence-electron chi connectivity index (χ3n) is 1.31. The van der Waals surface area contributed by atoms with Crippen LogP contribution in [0.15, 0.2) is 0 Å². The minimum atomic E-state index is -0.890. The van der Waals surface area contributed by atoms with E-state index in [9.17, 15) is 4.79 Å². The van der Waals surface area contributed by atoms with E-state index < -0.39 is 12.0 Å². The molecule has 0 aromatic heterocycles. The molecule has 68 valence electrons. The van der Waals surface area contributed by atoms with E-state index in [2.05, 4.69) is 0 Å². The molecule has 0 aliphatic carbocycles. The van der Waals surface area contributed by atoms with Crippen molar-refractivity contribution in [2.75, 3.05) is 20.7 Å². The summed E-state index contributed by atoms with van der Waals surface area (Å²) in [6, 6.07) is -0.565. The number of carboxylic acid groups (broad SMARTS) is 1. The van der Waals surface area contributed by atoms with E-state index in [1.807, 2.05) is 0 Å². The molecule has 2 N–H and O–H groups in total. The molecule has 0 saturated heterocycles. The average Bonchev–Trinajstić information content (AvgIpc) is 1.81. The van der Waals surface area contributed by atoms with Crippen LogP contribution in [0, 0.1) is 0 Å². The molecule has 0 spiro atoms. The van der Waals surface area contributed by atoms with Crippen LogP contribution in [0.2, 0.25) is 0 Å². The predicted molar refractivity (Wildman–Crippen MR) is 44.1 cm³/mol. The Morgan fingerprint density at radius 1 is 1.55 bits per heavy atom. The second kappa shape index (κ2) is 6.39. The van der Waals surface area contributed by atoms with Crippen molar-refractivity contribution in [2.24, 2.45) is 0 Å². The Morgan fingerprint density at radius 3 is 2.09 bits per heavy atom. The van der Waals surface area contributed by atoms with Crippen molar-refractivity contribution in [1.82, 2.24) is 4.90 Å². The molecule has 0 rings (SSSR count). The number of aliphatic hydroxyl groups excluding tert-OH is 1. The average molecular weight is 184 g/mol. The summed E-state index contributed by atoms with van der Waals surface area (Å²) in [5.74, 6) is -0.890. The van der Waals surface area contributed by atoms with Gasteiger partial charge in [-0.15, -0.1) is 12.4 Å². The molecule has 0 aliphatic heterocycles. The topological polar surface area (TPSA) is 60.8 Å². The lowest BCUT2D eigenvalue weighted by Crippen LogP contribution is -2.36. The quantitative estimate of drug-likeness (QED) is 0.634. The molecular formula is C6H14ClNO3. The molecule has 0 fully saturated rings. The van der Waals surface area contributed by atoms with Crippen LogP contribution in [0.4, 0.5) is 0 Å². The zero-order chi connectivity index (χ0) is 8.15. The summed E-state index contributed by atoms with van der Waals surface area (Å²) in [6.45, 7) is -0.0881. The van der Waals surface area contributed by atoms with Crippen molar-refractivity contribution in [3.05, 3.63) is 0 Å². The Labute approximate surface area is 72.2 Å². The van der Waals surface area contributed by atoms with Crippen LogP contribution in [0.1, 0.15) is 6.42 Å². The number of likely N-dealkylation sites (N-methyl/N-ethyl adjacent to an activating group) is 1. The maximum atomic E-state index is 10.4. The molecule has 4 nitrogen and oxygen atoms in total. The number of aliphatic carboxylic acids is 1. The summed E-state index contributed by atoms with van der Waals surface area (Å²) in [6.07, 6.45) is 0.280. The van der Waals surface area contributed by atoms with Crippen molar-refractivity contribution in [3.63, 3.8) is 0 Å². The van der Waals surface area contributed by atoms with Gasteiger partial charge in [0.1, 0.15) is 6.04 Å². The monoisotopic (exact) mass is 183 g/mol. The molecule has 0 saturated carbocycles. The third-order valence-corrected chi connectivity index (χ3v) is 1.31. The van der Waals surface area contributed by atoms with Gasteiger partial charge in [0.2, 0.25) is 0 Å². The minimum Gasteiger partial charge on any atom is -0.480 e. The van der Waals surface area contributed by atoms with Crippen LogP contribution in [0.5, 0.6) is 0 Å². The van der Waals surface area contributed by atoms with Gasteiger partial charge >= 0.3 is 5.97 Å². The van der Waals surface area contributed by atoms with Crippen molar-refractivity contribution in [2.45, 2.75) is 12.5 Å². The van der Waals surface area contributed by atoms with Gasteiger partial charge in [-0.1, -0.05) is 0 Å². The maximum absolute atomic E-state index is 10.4. The molecule has 0 aromatic carbocycles. The van der Waals surface area contributed by atoms with E-state index in [1.54, 1.807) is 19.0 Å². The molecule has 1 atom stereocenters. The highest BCUT2D eigenvalue weighted by atomic mass is 35.5. The van der Waals surface area contributed by atoms with E-state index in [0.717, 1.165) is 0 Å². The number of nitrogens with zero attached hydrogens (tertiary/aromatic N) is 1. The Balaban J connectivity index is 0. The summed E-state index contributed by atoms with van der Waals surface area (Å²) < 4.78 is 0. The van der Waals surface area contributed by atoms with Crippen molar-refractivity contribution in [3.8, 4) is 0 Å². The zero-order valence-electron chi connectivity index (χ0n) is 6.65. The van der Waals surface area contributed by atoms with Gasteiger partial charge < -0.3 is 10.2 Å². The Hall–Kier alpha value is -0.320. The molecule has 1 unspecified atom stereocenters. The molecular weight excluding hydrogens is 170 g/mol. The standard InChI is InChI=1S/C6H13NO3.ClH/c1-7(2)5(3-4-8)6(9)10;/h5,8H,3-4H2,1-2H3,(H,9,10);1H. The highest BCUT2D eigenvalue weighted by Crippen LogP contribution is 1.97. The number of hydrogen-bond acceptors (Lipinski definition) is 3. The largest absolute Gasteiger partial charge is 0.480 e. The molecule has 0 aromatic rings. The van der Waals surface area contributed by atoms with Gasteiger partial charge in [0.15, 0.2) is 0 Å². The van der Waals surface area contributed by atoms with Crippen molar-refractivity contribution in [1.29, 1.82) is 0 Å². The van der Waals surface area contributed by atoms with E-state index >= 15 is 0 Å². The van der Waals surface area contributed by atoms with Gasteiger partial charge in [-0.3, -0.25) is 9.69 Å². The number of carbonyl (C=O) groups is 1. The maximum Gasteiger partial charge on any atom is 0.320 e. The van der Waals surface area contributed by atoms with E-state index in [0.29, 0.717) is 0 Å². The number of rotatable bonds is 4. The molecule has 0 heterocycles. The number of hydrogen-bond donors (Lipinski definition) is 2. The van der Waals surface area contributed by atoms with Crippen LogP contribution in [0.25, 0.3) is 0 Å². The van der Waals surface area contributed by atoms with Crippen LogP contribution in [-0.4, -0.2) is 47.8 Å². The third kappa shape index (κ3) is 5.01. The predicted octanol–water partition coefficient (Wildman–Crippen LogP) is -0.195. The molecule has 0 aliphatic rings. The second-order valence-corrected chi connectivity index (χ2v) is 2.33. The molecule has 0 bridgehead atoms. The fraction of sp³-hybridized carbons (Fsp3) is 0.833. The first-order valence-corrected chi connectivity index (χ1v) is 3.09. The number of aliphatic hydroxyl groups is 1. The second-order valence-electron chi connectivity index (χ2n) is 2.33. The van der Waals surface area contributed by atoms with Crippen LogP contribution in [0.3, 0.4) is 0 Å². The molecule has 0 radical (unpaired) electrons. The Kier molecular flexibility index (Phi) is 7.72. The van der Waals surface area contributed by atoms with Gasteiger partial charge in [-0.2, -0.15) is 0 Å². The summed E-state index contributed by atoms with van der Waals surface area (Å²) >= 11 is 0. The van der Waals surface area contributed by atoms with Gasteiger partial charge in [-0.05, 0) is 20.5 Å². The fourth-order valence-corrected chi connectivity index (χ4v) is 0.725. The number of carboxylic acids is 1. The van der Waals surface area contributed by atoms with E-state index in [4.69, 9.17) is 10.2 Å². The highest BCUT2D eigenvalue weighted by molar-refractivity contribution is 5.85. The first kappa shape index (κ1) is 13.3. The summed E-state index contributed by atoms with van der Waals surface area (Å²) in [7, 11) is 3.35. The SMILES string of the molecule is CN(C)C(CCO)C(=O)O.Cl. The zero-order valence-corrected chi connectivity index (χ0v) is 7.47. The minimum absolute atomic E-state index is 0. The van der Waals surface area contributed by atoms with Crippen LogP contribution >= 0.6 is 12.4 Å². The lowest BCUT2D eigenvalue weighted by atomic mass is 10.2. The van der Waals surface area contributed by atoms with Gasteiger partial charge in [-0.25, -0.2) is 0 Å².